The van der Waals surface area contributed by atoms with Gasteiger partial charge >= 0.3 is 24.7 Å². The van der Waals surface area contributed by atoms with E-state index in [1.165, 1.54) is 0 Å². The normalized spacial score (nSPS) is 17.1. The monoisotopic (exact) mass is 625 g/mol. The number of thiocarbonyl (C=S) groups is 1. The third-order valence-electron chi connectivity index (χ3n) is 6.05. The molecular formula is C24H19F12N3OS. The smallest absolute Gasteiger partial charge is 0.417 e. The highest BCUT2D eigenvalue weighted by atomic mass is 32.1. The molecule has 1 heterocycles. The molecule has 2 aromatic rings. The van der Waals surface area contributed by atoms with E-state index in [1.54, 1.807) is 13.8 Å². The molecule has 0 amide bonds. The van der Waals surface area contributed by atoms with E-state index in [9.17, 15) is 52.7 Å². The van der Waals surface area contributed by atoms with Gasteiger partial charge < -0.3 is 15.4 Å². The molecule has 0 saturated heterocycles. The van der Waals surface area contributed by atoms with Crippen LogP contribution in [0.2, 0.25) is 0 Å². The van der Waals surface area contributed by atoms with E-state index in [-0.39, 0.29) is 42.9 Å². The fourth-order valence-electron chi connectivity index (χ4n) is 3.76. The van der Waals surface area contributed by atoms with E-state index in [2.05, 4.69) is 4.99 Å². The molecule has 0 aromatic heterocycles. The van der Waals surface area contributed by atoms with Crippen molar-refractivity contribution < 1.29 is 57.4 Å². The highest BCUT2D eigenvalue weighted by molar-refractivity contribution is 7.80. The van der Waals surface area contributed by atoms with E-state index >= 15 is 0 Å². The van der Waals surface area contributed by atoms with Crippen LogP contribution in [0.15, 0.2) is 35.3 Å². The number of hydrogen-bond acceptors (Lipinski definition) is 3. The van der Waals surface area contributed by atoms with Gasteiger partial charge in [-0.25, -0.2) is 4.99 Å². The summed E-state index contributed by atoms with van der Waals surface area (Å²) in [6.07, 6.45) is -20.6. The van der Waals surface area contributed by atoms with Crippen LogP contribution in [0.25, 0.3) is 0 Å². The second-order valence-electron chi connectivity index (χ2n) is 9.01. The number of hydrogen-bond donors (Lipinski definition) is 2. The minimum absolute atomic E-state index is 0.165. The van der Waals surface area contributed by atoms with Crippen LogP contribution in [-0.2, 0) is 29.4 Å². The number of aliphatic imine (C=N–C) groups is 1. The van der Waals surface area contributed by atoms with Gasteiger partial charge in [-0.3, -0.25) is 0 Å². The zero-order valence-corrected chi connectivity index (χ0v) is 21.6. The maximum atomic E-state index is 14.0. The molecule has 0 radical (unpaired) electrons. The number of anilines is 2. The lowest BCUT2D eigenvalue weighted by Crippen LogP contribution is -2.25. The van der Waals surface area contributed by atoms with Crippen LogP contribution in [0.5, 0.6) is 0 Å². The number of ether oxygens (including phenoxy) is 1. The molecule has 41 heavy (non-hydrogen) atoms. The average molecular weight is 625 g/mol. The molecule has 4 nitrogen and oxygen atoms in total. The molecule has 1 aliphatic rings. The van der Waals surface area contributed by atoms with E-state index < -0.39 is 80.9 Å². The van der Waals surface area contributed by atoms with Gasteiger partial charge in [0.2, 0.25) is 5.90 Å². The molecular weight excluding hydrogens is 606 g/mol. The molecule has 0 bridgehead atoms. The minimum atomic E-state index is -5.37. The lowest BCUT2D eigenvalue weighted by molar-refractivity contribution is -0.144. The quantitative estimate of drug-likeness (QED) is 0.258. The van der Waals surface area contributed by atoms with Crippen LogP contribution in [0.3, 0.4) is 0 Å². The Labute approximate surface area is 229 Å². The summed E-state index contributed by atoms with van der Waals surface area (Å²) >= 11 is 4.85. The number of nitrogens with zero attached hydrogens (tertiary/aromatic N) is 1. The van der Waals surface area contributed by atoms with Crippen LogP contribution >= 0.6 is 12.2 Å². The highest BCUT2D eigenvalue weighted by Gasteiger charge is 2.43. The van der Waals surface area contributed by atoms with E-state index in [4.69, 9.17) is 17.0 Å². The Morgan fingerprint density at radius 3 is 1.80 bits per heavy atom. The molecule has 2 atom stereocenters. The number of alkyl halides is 12. The predicted molar refractivity (Wildman–Crippen MR) is 128 cm³/mol. The number of halogens is 12. The largest absolute Gasteiger partial charge is 0.475 e. The lowest BCUT2D eigenvalue weighted by Gasteiger charge is -2.21. The molecule has 1 unspecified atom stereocenters. The van der Waals surface area contributed by atoms with Crippen molar-refractivity contribution in [3.05, 3.63) is 58.1 Å². The maximum absolute atomic E-state index is 14.0. The summed E-state index contributed by atoms with van der Waals surface area (Å²) < 4.78 is 167. The van der Waals surface area contributed by atoms with Crippen molar-refractivity contribution in [3.8, 4) is 0 Å². The first kappa shape index (κ1) is 32.3. The maximum Gasteiger partial charge on any atom is 0.417 e. The second-order valence-corrected chi connectivity index (χ2v) is 9.42. The average Bonchev–Trinajstić information content (AvgIpc) is 3.30. The fraction of sp³-hybridized carbons (Fsp3) is 0.417. The van der Waals surface area contributed by atoms with Gasteiger partial charge in [0.25, 0.3) is 0 Å². The molecule has 3 rings (SSSR count). The zero-order valence-electron chi connectivity index (χ0n) is 20.8. The Hall–Kier alpha value is -3.24. The summed E-state index contributed by atoms with van der Waals surface area (Å²) in [6, 6.07) is -0.264. The topological polar surface area (TPSA) is 45.6 Å². The van der Waals surface area contributed by atoms with Gasteiger partial charge in [0.1, 0.15) is 6.61 Å². The van der Waals surface area contributed by atoms with Gasteiger partial charge in [0.15, 0.2) is 5.11 Å². The van der Waals surface area contributed by atoms with Crippen molar-refractivity contribution >= 4 is 34.6 Å². The summed E-state index contributed by atoms with van der Waals surface area (Å²) in [4.78, 5) is 4.08. The van der Waals surface area contributed by atoms with E-state index in [0.29, 0.717) is 6.42 Å². The van der Waals surface area contributed by atoms with Gasteiger partial charge in [-0.15, -0.1) is 0 Å². The zero-order chi connectivity index (χ0) is 31.1. The summed E-state index contributed by atoms with van der Waals surface area (Å²) in [7, 11) is 0. The molecule has 1 aliphatic heterocycles. The van der Waals surface area contributed by atoms with Crippen LogP contribution < -0.4 is 10.6 Å². The Kier molecular flexibility index (Phi) is 8.82. The van der Waals surface area contributed by atoms with Gasteiger partial charge in [-0.1, -0.05) is 20.3 Å². The molecule has 2 N–H and O–H groups in total. The van der Waals surface area contributed by atoms with Gasteiger partial charge in [-0.2, -0.15) is 52.7 Å². The SMILES string of the molecule is CCC(C)[C@H]1COC(c2c(NC(=S)Nc3cc(C(F)(F)F)cc(C(F)(F)F)c3)cc(C(F)(F)F)cc2C(F)(F)F)=N1. The first-order valence-electron chi connectivity index (χ1n) is 11.5. The molecule has 226 valence electrons. The summed E-state index contributed by atoms with van der Waals surface area (Å²) in [5, 5.41) is 3.08. The molecule has 2 aromatic carbocycles. The standard InChI is InChI=1S/C24H19F12N3OS/c1-3-10(2)17-9-40-19(38-17)18-15(24(34,35)36)7-13(23(31,32)33)8-16(18)39-20(41)37-14-5-11(21(25,26)27)4-12(6-14)22(28,29)30/h4-8,10,17H,3,9H2,1-2H3,(H2,37,39,41)/t10?,17-/m1/s1. The Balaban J connectivity index is 2.13. The van der Waals surface area contributed by atoms with E-state index in [0.717, 1.165) is 0 Å². The third-order valence-corrected chi connectivity index (χ3v) is 6.26. The number of rotatable bonds is 5. The van der Waals surface area contributed by atoms with Crippen LogP contribution in [0, 0.1) is 5.92 Å². The first-order valence-corrected chi connectivity index (χ1v) is 11.9. The third kappa shape index (κ3) is 7.74. The Morgan fingerprint density at radius 1 is 0.829 bits per heavy atom. The molecule has 0 saturated carbocycles. The van der Waals surface area contributed by atoms with Crippen molar-refractivity contribution in [2.75, 3.05) is 17.2 Å². The molecule has 0 aliphatic carbocycles. The van der Waals surface area contributed by atoms with Gasteiger partial charge in [-0.05, 0) is 48.5 Å². The Morgan fingerprint density at radius 2 is 1.34 bits per heavy atom. The minimum Gasteiger partial charge on any atom is -0.475 e. The Bertz CT molecular complexity index is 1300. The van der Waals surface area contributed by atoms with Crippen molar-refractivity contribution in [2.24, 2.45) is 10.9 Å². The molecule has 0 spiro atoms. The summed E-state index contributed by atoms with van der Waals surface area (Å²) in [5.74, 6) is -0.848. The summed E-state index contributed by atoms with van der Waals surface area (Å²) in [6.45, 7) is 3.31. The van der Waals surface area contributed by atoms with Crippen LogP contribution in [-0.4, -0.2) is 23.7 Å². The van der Waals surface area contributed by atoms with Crippen LogP contribution in [0.1, 0.15) is 48.1 Å². The second kappa shape index (κ2) is 11.2. The van der Waals surface area contributed by atoms with Crippen molar-refractivity contribution in [2.45, 2.75) is 51.0 Å². The van der Waals surface area contributed by atoms with Crippen molar-refractivity contribution in [1.29, 1.82) is 0 Å². The lowest BCUT2D eigenvalue weighted by atomic mass is 9.99. The van der Waals surface area contributed by atoms with Gasteiger partial charge in [0, 0.05) is 5.69 Å². The highest BCUT2D eigenvalue weighted by Crippen LogP contribution is 2.42. The van der Waals surface area contributed by atoms with Gasteiger partial charge in [0.05, 0.1) is 39.5 Å². The fourth-order valence-corrected chi connectivity index (χ4v) is 3.99. The number of nitrogens with one attached hydrogen (secondary N) is 2. The van der Waals surface area contributed by atoms with Crippen LogP contribution in [0.4, 0.5) is 64.1 Å². The molecule has 0 fully saturated rings. The first-order chi connectivity index (χ1) is 18.6. The van der Waals surface area contributed by atoms with E-state index in [1.807, 2.05) is 10.6 Å². The van der Waals surface area contributed by atoms with Crippen molar-refractivity contribution in [3.63, 3.8) is 0 Å². The predicted octanol–water partition coefficient (Wildman–Crippen LogP) is 8.76. The summed E-state index contributed by atoms with van der Waals surface area (Å²) in [5.41, 5.74) is -9.85. The number of benzene rings is 2. The molecule has 17 heteroatoms. The van der Waals surface area contributed by atoms with Crippen molar-refractivity contribution in [1.82, 2.24) is 0 Å².